The fourth-order valence-corrected chi connectivity index (χ4v) is 2.68. The van der Waals surface area contributed by atoms with Crippen molar-refractivity contribution in [3.8, 4) is 11.3 Å². The summed E-state index contributed by atoms with van der Waals surface area (Å²) in [5, 5.41) is 3.98. The molecule has 1 aliphatic rings. The highest BCUT2D eigenvalue weighted by Crippen LogP contribution is 2.44. The summed E-state index contributed by atoms with van der Waals surface area (Å²) in [6, 6.07) is 5.45. The van der Waals surface area contributed by atoms with Crippen molar-refractivity contribution < 1.29 is 13.3 Å². The number of hydrogen-bond acceptors (Lipinski definition) is 4. The van der Waals surface area contributed by atoms with Crippen LogP contribution in [0.25, 0.3) is 11.3 Å². The number of aromatic nitrogens is 2. The van der Waals surface area contributed by atoms with Crippen LogP contribution in [-0.4, -0.2) is 16.1 Å². The molecule has 1 saturated carbocycles. The topological polar surface area (TPSA) is 64.9 Å². The van der Waals surface area contributed by atoms with Gasteiger partial charge in [0.1, 0.15) is 0 Å². The quantitative estimate of drug-likeness (QED) is 0.912. The SMILES string of the molecule is Nc1onc(C2CCC(F)(F)CC2)c1-c1ccccn1. The first-order chi connectivity index (χ1) is 9.57. The van der Waals surface area contributed by atoms with E-state index in [2.05, 4.69) is 10.1 Å². The largest absolute Gasteiger partial charge is 0.367 e. The highest BCUT2D eigenvalue weighted by Gasteiger charge is 2.37. The molecule has 0 aliphatic heterocycles. The number of pyridine rings is 1. The second kappa shape index (κ2) is 4.85. The summed E-state index contributed by atoms with van der Waals surface area (Å²) in [5.74, 6) is -2.42. The molecule has 4 nitrogen and oxygen atoms in total. The molecular weight excluding hydrogens is 264 g/mol. The van der Waals surface area contributed by atoms with Crippen molar-refractivity contribution >= 4 is 5.88 Å². The van der Waals surface area contributed by atoms with Gasteiger partial charge >= 0.3 is 0 Å². The zero-order chi connectivity index (χ0) is 14.2. The number of hydrogen-bond donors (Lipinski definition) is 1. The third-order valence-corrected chi connectivity index (χ3v) is 3.77. The van der Waals surface area contributed by atoms with E-state index in [1.54, 1.807) is 12.3 Å². The zero-order valence-corrected chi connectivity index (χ0v) is 10.9. The van der Waals surface area contributed by atoms with Crippen LogP contribution >= 0.6 is 0 Å². The van der Waals surface area contributed by atoms with Crippen LogP contribution in [0, 0.1) is 0 Å². The van der Waals surface area contributed by atoms with Gasteiger partial charge in [0.15, 0.2) is 0 Å². The summed E-state index contributed by atoms with van der Waals surface area (Å²) < 4.78 is 31.5. The normalized spacial score (nSPS) is 19.1. The van der Waals surface area contributed by atoms with E-state index in [9.17, 15) is 8.78 Å². The molecule has 2 aromatic rings. The van der Waals surface area contributed by atoms with Gasteiger partial charge in [0.25, 0.3) is 0 Å². The van der Waals surface area contributed by atoms with Crippen molar-refractivity contribution in [3.05, 3.63) is 30.1 Å². The molecule has 106 valence electrons. The van der Waals surface area contributed by atoms with Crippen molar-refractivity contribution in [1.82, 2.24) is 10.1 Å². The molecule has 6 heteroatoms. The second-order valence-corrected chi connectivity index (χ2v) is 5.15. The number of nitrogens with two attached hydrogens (primary N) is 1. The fourth-order valence-electron chi connectivity index (χ4n) is 2.68. The van der Waals surface area contributed by atoms with Crippen LogP contribution in [0.4, 0.5) is 14.7 Å². The molecular formula is C14H15F2N3O. The van der Waals surface area contributed by atoms with Gasteiger partial charge in [0, 0.05) is 25.0 Å². The molecule has 3 rings (SSSR count). The summed E-state index contributed by atoms with van der Waals surface area (Å²) in [4.78, 5) is 4.24. The van der Waals surface area contributed by atoms with E-state index in [0.29, 0.717) is 29.8 Å². The van der Waals surface area contributed by atoms with Gasteiger partial charge in [0.2, 0.25) is 11.8 Å². The number of alkyl halides is 2. The average Bonchev–Trinajstić information content (AvgIpc) is 2.82. The smallest absolute Gasteiger partial charge is 0.248 e. The maximum Gasteiger partial charge on any atom is 0.248 e. The van der Waals surface area contributed by atoms with Crippen molar-refractivity contribution in [2.75, 3.05) is 5.73 Å². The summed E-state index contributed by atoms with van der Waals surface area (Å²) >= 11 is 0. The molecule has 0 aromatic carbocycles. The Bertz CT molecular complexity index is 588. The van der Waals surface area contributed by atoms with Crippen LogP contribution in [0.2, 0.25) is 0 Å². The lowest BCUT2D eigenvalue weighted by molar-refractivity contribution is -0.0386. The lowest BCUT2D eigenvalue weighted by Gasteiger charge is -2.27. The highest BCUT2D eigenvalue weighted by atomic mass is 19.3. The minimum absolute atomic E-state index is 0.0484. The molecule has 0 unspecified atom stereocenters. The minimum Gasteiger partial charge on any atom is -0.367 e. The third kappa shape index (κ3) is 2.37. The predicted molar refractivity (Wildman–Crippen MR) is 70.3 cm³/mol. The molecule has 0 amide bonds. The van der Waals surface area contributed by atoms with Crippen molar-refractivity contribution in [2.24, 2.45) is 0 Å². The Morgan fingerprint density at radius 3 is 2.65 bits per heavy atom. The third-order valence-electron chi connectivity index (χ3n) is 3.77. The van der Waals surface area contributed by atoms with Gasteiger partial charge < -0.3 is 10.3 Å². The molecule has 0 bridgehead atoms. The van der Waals surface area contributed by atoms with Gasteiger partial charge in [-0.3, -0.25) is 4.98 Å². The Kier molecular flexibility index (Phi) is 3.16. The Morgan fingerprint density at radius 2 is 2.00 bits per heavy atom. The standard InChI is InChI=1S/C14H15F2N3O/c15-14(16)6-4-9(5-7-14)12-11(13(17)20-19-12)10-3-1-2-8-18-10/h1-3,8-9H,4-7,17H2. The summed E-state index contributed by atoms with van der Waals surface area (Å²) in [6.45, 7) is 0. The van der Waals surface area contributed by atoms with Gasteiger partial charge in [-0.25, -0.2) is 8.78 Å². The molecule has 0 atom stereocenters. The van der Waals surface area contributed by atoms with E-state index in [0.717, 1.165) is 0 Å². The van der Waals surface area contributed by atoms with Gasteiger partial charge in [-0.05, 0) is 25.0 Å². The lowest BCUT2D eigenvalue weighted by Crippen LogP contribution is -2.24. The van der Waals surface area contributed by atoms with Crippen LogP contribution in [0.3, 0.4) is 0 Å². The van der Waals surface area contributed by atoms with Crippen molar-refractivity contribution in [1.29, 1.82) is 0 Å². The Balaban J connectivity index is 1.92. The maximum atomic E-state index is 13.2. The molecule has 2 N–H and O–H groups in total. The van der Waals surface area contributed by atoms with E-state index in [1.807, 2.05) is 12.1 Å². The van der Waals surface area contributed by atoms with Crippen LogP contribution in [0.5, 0.6) is 0 Å². The average molecular weight is 279 g/mol. The Hall–Kier alpha value is -1.98. The Labute approximate surface area is 115 Å². The van der Waals surface area contributed by atoms with Crippen LogP contribution < -0.4 is 5.73 Å². The fraction of sp³-hybridized carbons (Fsp3) is 0.429. The second-order valence-electron chi connectivity index (χ2n) is 5.15. The van der Waals surface area contributed by atoms with Crippen LogP contribution in [0.1, 0.15) is 37.3 Å². The van der Waals surface area contributed by atoms with E-state index >= 15 is 0 Å². The minimum atomic E-state index is -2.56. The molecule has 0 radical (unpaired) electrons. The molecule has 0 spiro atoms. The number of anilines is 1. The maximum absolute atomic E-state index is 13.2. The van der Waals surface area contributed by atoms with Crippen LogP contribution in [-0.2, 0) is 0 Å². The number of rotatable bonds is 2. The summed E-state index contributed by atoms with van der Waals surface area (Å²) in [7, 11) is 0. The summed E-state index contributed by atoms with van der Waals surface area (Å²) in [6.07, 6.45) is 2.19. The first-order valence-electron chi connectivity index (χ1n) is 6.61. The van der Waals surface area contributed by atoms with Gasteiger partial charge in [0.05, 0.1) is 17.0 Å². The zero-order valence-electron chi connectivity index (χ0n) is 10.9. The van der Waals surface area contributed by atoms with Crippen molar-refractivity contribution in [3.63, 3.8) is 0 Å². The van der Waals surface area contributed by atoms with E-state index < -0.39 is 5.92 Å². The molecule has 2 aromatic heterocycles. The number of halogens is 2. The monoisotopic (exact) mass is 279 g/mol. The highest BCUT2D eigenvalue weighted by molar-refractivity contribution is 5.72. The molecule has 2 heterocycles. The lowest BCUT2D eigenvalue weighted by atomic mass is 9.83. The predicted octanol–water partition coefficient (Wildman–Crippen LogP) is 3.61. The van der Waals surface area contributed by atoms with Gasteiger partial charge in [-0.15, -0.1) is 0 Å². The van der Waals surface area contributed by atoms with Gasteiger partial charge in [-0.2, -0.15) is 0 Å². The Morgan fingerprint density at radius 1 is 1.25 bits per heavy atom. The van der Waals surface area contributed by atoms with E-state index in [4.69, 9.17) is 10.3 Å². The molecule has 1 aliphatic carbocycles. The first-order valence-corrected chi connectivity index (χ1v) is 6.61. The van der Waals surface area contributed by atoms with Gasteiger partial charge in [-0.1, -0.05) is 11.2 Å². The van der Waals surface area contributed by atoms with E-state index in [-0.39, 0.29) is 24.6 Å². The number of nitrogen functional groups attached to an aromatic ring is 1. The summed E-state index contributed by atoms with van der Waals surface area (Å²) in [5.41, 5.74) is 7.77. The molecule has 1 fully saturated rings. The van der Waals surface area contributed by atoms with Crippen molar-refractivity contribution in [2.45, 2.75) is 37.5 Å². The molecule has 20 heavy (non-hydrogen) atoms. The first kappa shape index (κ1) is 13.0. The number of nitrogens with zero attached hydrogens (tertiary/aromatic N) is 2. The van der Waals surface area contributed by atoms with E-state index in [1.165, 1.54) is 0 Å². The molecule has 0 saturated heterocycles. The van der Waals surface area contributed by atoms with Crippen LogP contribution in [0.15, 0.2) is 28.9 Å².